The van der Waals surface area contributed by atoms with Crippen LogP contribution in [-0.4, -0.2) is 12.0 Å². The normalized spacial score (nSPS) is 7.36. The van der Waals surface area contributed by atoms with Gasteiger partial charge in [-0.05, 0) is 11.9 Å². The average molecular weight is 175 g/mol. The molecule has 0 aromatic carbocycles. The highest BCUT2D eigenvalue weighted by atomic mass is 32.2. The highest BCUT2D eigenvalue weighted by Crippen LogP contribution is 1.96. The van der Waals surface area contributed by atoms with Gasteiger partial charge in [-0.2, -0.15) is 0 Å². The summed E-state index contributed by atoms with van der Waals surface area (Å²) in [5.74, 6) is 1.03. The van der Waals surface area contributed by atoms with Gasteiger partial charge in [0.25, 0.3) is 0 Å². The molecule has 0 aliphatic carbocycles. The van der Waals surface area contributed by atoms with Gasteiger partial charge in [-0.15, -0.1) is 0 Å². The number of rotatable bonds is 3. The van der Waals surface area contributed by atoms with E-state index in [-0.39, 0.29) is 0 Å². The molecular formula is C9H21NS. The monoisotopic (exact) mass is 175 g/mol. The molecule has 1 nitrogen and oxygen atoms in total. The van der Waals surface area contributed by atoms with Crippen LogP contribution in [0.15, 0.2) is 17.1 Å². The SMILES string of the molecule is C=C/C=N\SCC.CC.CC. The van der Waals surface area contributed by atoms with Crippen LogP contribution in [0.25, 0.3) is 0 Å². The van der Waals surface area contributed by atoms with Gasteiger partial charge in [0, 0.05) is 12.0 Å². The van der Waals surface area contributed by atoms with Gasteiger partial charge in [-0.1, -0.05) is 47.3 Å². The minimum atomic E-state index is 1.03. The molecule has 0 bridgehead atoms. The van der Waals surface area contributed by atoms with Gasteiger partial charge in [0.05, 0.1) is 0 Å². The Hall–Kier alpha value is -0.240. The molecule has 0 atom stereocenters. The van der Waals surface area contributed by atoms with Crippen LogP contribution >= 0.6 is 11.9 Å². The molecule has 0 saturated carbocycles. The lowest BCUT2D eigenvalue weighted by molar-refractivity contribution is 1.50. The maximum absolute atomic E-state index is 3.88. The molecule has 0 unspecified atom stereocenters. The third kappa shape index (κ3) is 41.6. The van der Waals surface area contributed by atoms with Crippen molar-refractivity contribution in [2.24, 2.45) is 4.40 Å². The predicted molar refractivity (Wildman–Crippen MR) is 59.5 cm³/mol. The van der Waals surface area contributed by atoms with Gasteiger partial charge in [-0.3, -0.25) is 0 Å². The van der Waals surface area contributed by atoms with Crippen molar-refractivity contribution >= 4 is 18.2 Å². The highest BCUT2D eigenvalue weighted by Gasteiger charge is 1.66. The molecule has 0 fully saturated rings. The van der Waals surface area contributed by atoms with Crippen LogP contribution in [-0.2, 0) is 0 Å². The van der Waals surface area contributed by atoms with Crippen LogP contribution in [0.2, 0.25) is 0 Å². The molecule has 0 amide bonds. The van der Waals surface area contributed by atoms with Gasteiger partial charge in [0.2, 0.25) is 0 Å². The summed E-state index contributed by atoms with van der Waals surface area (Å²) in [5, 5.41) is 0. The van der Waals surface area contributed by atoms with E-state index in [4.69, 9.17) is 0 Å². The van der Waals surface area contributed by atoms with E-state index in [9.17, 15) is 0 Å². The van der Waals surface area contributed by atoms with Crippen LogP contribution in [0.1, 0.15) is 34.6 Å². The van der Waals surface area contributed by atoms with E-state index < -0.39 is 0 Å². The van der Waals surface area contributed by atoms with E-state index in [2.05, 4.69) is 17.9 Å². The second-order valence-electron chi connectivity index (χ2n) is 0.908. The summed E-state index contributed by atoms with van der Waals surface area (Å²) in [6.07, 6.45) is 3.36. The second kappa shape index (κ2) is 33.1. The van der Waals surface area contributed by atoms with Crippen molar-refractivity contribution in [3.05, 3.63) is 12.7 Å². The lowest BCUT2D eigenvalue weighted by Gasteiger charge is -1.77. The molecule has 0 aromatic heterocycles. The van der Waals surface area contributed by atoms with Gasteiger partial charge in [0.15, 0.2) is 0 Å². The molecule has 0 aromatic rings. The zero-order valence-electron chi connectivity index (χ0n) is 8.42. The van der Waals surface area contributed by atoms with Crippen LogP contribution in [0.3, 0.4) is 0 Å². The molecule has 0 N–H and O–H groups in total. The zero-order chi connectivity index (χ0) is 9.54. The fourth-order valence-electron chi connectivity index (χ4n) is 0.161. The van der Waals surface area contributed by atoms with E-state index >= 15 is 0 Å². The molecule has 0 heterocycles. The van der Waals surface area contributed by atoms with E-state index in [1.165, 1.54) is 11.9 Å². The molecule has 11 heavy (non-hydrogen) atoms. The van der Waals surface area contributed by atoms with E-state index in [1.807, 2.05) is 27.7 Å². The van der Waals surface area contributed by atoms with E-state index in [0.717, 1.165) is 5.75 Å². The lowest BCUT2D eigenvalue weighted by atomic mass is 10.7. The first-order valence-electron chi connectivity index (χ1n) is 4.18. The third-order valence-corrected chi connectivity index (χ3v) is 0.899. The Bertz CT molecular complexity index is 70.0. The molecule has 0 saturated heterocycles. The van der Waals surface area contributed by atoms with Crippen molar-refractivity contribution in [1.82, 2.24) is 0 Å². The van der Waals surface area contributed by atoms with Gasteiger partial charge in [0.1, 0.15) is 0 Å². The van der Waals surface area contributed by atoms with Crippen molar-refractivity contribution in [3.63, 3.8) is 0 Å². The maximum Gasteiger partial charge on any atom is 0.0345 e. The summed E-state index contributed by atoms with van der Waals surface area (Å²) in [6, 6.07) is 0. The second-order valence-corrected chi connectivity index (χ2v) is 1.95. The van der Waals surface area contributed by atoms with Crippen LogP contribution in [0.5, 0.6) is 0 Å². The summed E-state index contributed by atoms with van der Waals surface area (Å²) in [7, 11) is 0. The Morgan fingerprint density at radius 2 is 1.73 bits per heavy atom. The Balaban J connectivity index is -0.000000138. The number of allylic oxidation sites excluding steroid dienone is 1. The molecule has 2 heteroatoms. The molecule has 0 aliphatic heterocycles. The summed E-state index contributed by atoms with van der Waals surface area (Å²) < 4.78 is 3.88. The minimum Gasteiger partial charge on any atom is -0.225 e. The van der Waals surface area contributed by atoms with Crippen molar-refractivity contribution in [2.75, 3.05) is 5.75 Å². The first-order valence-corrected chi connectivity index (χ1v) is 5.12. The van der Waals surface area contributed by atoms with Crippen molar-refractivity contribution < 1.29 is 0 Å². The Kier molecular flexibility index (Phi) is 51.1. The molecule has 0 aliphatic rings. The Morgan fingerprint density at radius 3 is 2.00 bits per heavy atom. The Labute approximate surface area is 76.1 Å². The fraction of sp³-hybridized carbons (Fsp3) is 0.667. The van der Waals surface area contributed by atoms with Gasteiger partial charge < -0.3 is 0 Å². The van der Waals surface area contributed by atoms with Crippen LogP contribution in [0.4, 0.5) is 0 Å². The van der Waals surface area contributed by atoms with Crippen LogP contribution in [0, 0.1) is 0 Å². The van der Waals surface area contributed by atoms with Crippen molar-refractivity contribution in [1.29, 1.82) is 0 Å². The molecule has 0 spiro atoms. The standard InChI is InChI=1S/C5H9NS.2C2H6/c1-3-5-6-7-4-2;2*1-2/h3,5H,1,4H2,2H3;2*1-2H3/b6-5-;;. The number of hydrogen-bond donors (Lipinski definition) is 0. The van der Waals surface area contributed by atoms with Gasteiger partial charge >= 0.3 is 0 Å². The van der Waals surface area contributed by atoms with Crippen molar-refractivity contribution in [2.45, 2.75) is 34.6 Å². The van der Waals surface area contributed by atoms with Gasteiger partial charge in [-0.25, -0.2) is 4.40 Å². The zero-order valence-corrected chi connectivity index (χ0v) is 9.24. The number of hydrogen-bond acceptors (Lipinski definition) is 2. The largest absolute Gasteiger partial charge is 0.225 e. The predicted octanol–water partition coefficient (Wildman–Crippen LogP) is 3.96. The summed E-state index contributed by atoms with van der Waals surface area (Å²) in [4.78, 5) is 0. The third-order valence-electron chi connectivity index (χ3n) is 0.370. The summed E-state index contributed by atoms with van der Waals surface area (Å²) in [5.41, 5.74) is 0. The minimum absolute atomic E-state index is 1.03. The van der Waals surface area contributed by atoms with E-state index in [0.29, 0.717) is 0 Å². The van der Waals surface area contributed by atoms with E-state index in [1.54, 1.807) is 12.3 Å². The molecule has 0 radical (unpaired) electrons. The van der Waals surface area contributed by atoms with Crippen LogP contribution < -0.4 is 0 Å². The molecule has 68 valence electrons. The fourth-order valence-corrected chi connectivity index (χ4v) is 0.482. The summed E-state index contributed by atoms with van der Waals surface area (Å²) >= 11 is 1.53. The molecule has 0 rings (SSSR count). The average Bonchev–Trinajstić information content (AvgIpc) is 2.13. The highest BCUT2D eigenvalue weighted by molar-refractivity contribution is 7.98. The first kappa shape index (κ1) is 17.0. The maximum atomic E-state index is 3.88. The van der Waals surface area contributed by atoms with Crippen molar-refractivity contribution in [3.8, 4) is 0 Å². The smallest absolute Gasteiger partial charge is 0.0345 e. The first-order chi connectivity index (χ1) is 5.41. The summed E-state index contributed by atoms with van der Waals surface area (Å²) in [6.45, 7) is 13.5. The quantitative estimate of drug-likeness (QED) is 0.467. The Morgan fingerprint density at radius 1 is 1.27 bits per heavy atom. The topological polar surface area (TPSA) is 12.4 Å². The lowest BCUT2D eigenvalue weighted by Crippen LogP contribution is -1.59. The molecular weight excluding hydrogens is 154 g/mol. The number of nitrogens with zero attached hydrogens (tertiary/aromatic N) is 1.